The fourth-order valence-corrected chi connectivity index (χ4v) is 4.82. The van der Waals surface area contributed by atoms with Crippen LogP contribution in [0.15, 0.2) is 53.5 Å². The van der Waals surface area contributed by atoms with Gasteiger partial charge in [-0.15, -0.1) is 0 Å². The fraction of sp³-hybridized carbons (Fsp3) is 0.296. The van der Waals surface area contributed by atoms with Gasteiger partial charge >= 0.3 is 0 Å². The van der Waals surface area contributed by atoms with E-state index in [4.69, 9.17) is 4.74 Å². The Morgan fingerprint density at radius 3 is 2.46 bits per heavy atom. The predicted molar refractivity (Wildman–Crippen MR) is 128 cm³/mol. The third-order valence-corrected chi connectivity index (χ3v) is 6.84. The highest BCUT2D eigenvalue weighted by molar-refractivity contribution is 5.99. The number of pyridine rings is 1. The van der Waals surface area contributed by atoms with Gasteiger partial charge in [-0.25, -0.2) is 22.0 Å². The van der Waals surface area contributed by atoms with Crippen molar-refractivity contribution in [2.24, 2.45) is 0 Å². The van der Waals surface area contributed by atoms with Gasteiger partial charge in [0.2, 0.25) is 5.43 Å². The summed E-state index contributed by atoms with van der Waals surface area (Å²) in [6, 6.07) is 7.83. The third-order valence-electron chi connectivity index (χ3n) is 6.84. The zero-order valence-corrected chi connectivity index (χ0v) is 20.4. The van der Waals surface area contributed by atoms with Gasteiger partial charge in [0.15, 0.2) is 11.4 Å². The number of fused-ring (bicyclic) bond motifs is 4. The molecule has 1 fully saturated rings. The number of halogens is 5. The lowest BCUT2D eigenvalue weighted by atomic mass is 10.0. The van der Waals surface area contributed by atoms with Gasteiger partial charge in [0, 0.05) is 49.9 Å². The summed E-state index contributed by atoms with van der Waals surface area (Å²) in [6.07, 6.45) is 0.382. The fourth-order valence-electron chi connectivity index (χ4n) is 4.82. The highest BCUT2D eigenvalue weighted by atomic mass is 19.3. The number of ether oxygens (including phenoxy) is 1. The minimum Gasteiger partial charge on any atom is -0.483 e. The smallest absolute Gasteiger partial charge is 0.274 e. The molecule has 1 atom stereocenters. The maximum absolute atomic E-state index is 15.2. The Bertz CT molecular complexity index is 1490. The number of aromatic nitrogens is 1. The molecule has 2 bridgehead atoms. The molecule has 0 saturated carbocycles. The van der Waals surface area contributed by atoms with Gasteiger partial charge in [0.1, 0.15) is 35.7 Å². The summed E-state index contributed by atoms with van der Waals surface area (Å²) in [6.45, 7) is -1.24. The van der Waals surface area contributed by atoms with E-state index in [1.807, 2.05) is 0 Å². The van der Waals surface area contributed by atoms with Crippen LogP contribution in [0.5, 0.6) is 5.75 Å². The van der Waals surface area contributed by atoms with Crippen molar-refractivity contribution in [2.45, 2.75) is 38.0 Å². The molecular formula is C27H22F5N3O4. The van der Waals surface area contributed by atoms with Crippen LogP contribution >= 0.6 is 0 Å². The monoisotopic (exact) mass is 547 g/mol. The Morgan fingerprint density at radius 1 is 1.08 bits per heavy atom. The second-order valence-corrected chi connectivity index (χ2v) is 9.39. The Morgan fingerprint density at radius 2 is 1.77 bits per heavy atom. The lowest BCUT2D eigenvalue weighted by Crippen LogP contribution is -2.48. The average molecular weight is 547 g/mol. The first-order valence-corrected chi connectivity index (χ1v) is 12.1. The highest BCUT2D eigenvalue weighted by Gasteiger charge is 2.49. The second-order valence-electron chi connectivity index (χ2n) is 9.39. The zero-order chi connectivity index (χ0) is 27.9. The highest BCUT2D eigenvalue weighted by Crippen LogP contribution is 2.41. The number of nitrogens with one attached hydrogen (secondary N) is 1. The van der Waals surface area contributed by atoms with Gasteiger partial charge < -0.3 is 19.5 Å². The standard InChI is InChI=1S/C27H22F5N3O4/c28-16-9-19(29)17(20(30)10-16)11-33-25(37)18-12-35-21-13-34(8-4-7-27(21,31)32)26(38)22(35)24(23(18)36)39-14-15-5-2-1-3-6-15/h1-3,5-6,9-10,12,21H,4,7-8,11,13-14H2,(H,33,37). The summed E-state index contributed by atoms with van der Waals surface area (Å²) in [5.41, 5.74) is -2.17. The van der Waals surface area contributed by atoms with Crippen molar-refractivity contribution in [3.05, 3.63) is 98.7 Å². The van der Waals surface area contributed by atoms with Gasteiger partial charge in [-0.1, -0.05) is 30.3 Å². The van der Waals surface area contributed by atoms with E-state index in [-0.39, 0.29) is 26.1 Å². The number of carbonyl (C=O) groups is 2. The van der Waals surface area contributed by atoms with Crippen molar-refractivity contribution in [1.29, 1.82) is 0 Å². The Hall–Kier alpha value is -4.22. The van der Waals surface area contributed by atoms with Gasteiger partial charge in [0.05, 0.1) is 0 Å². The summed E-state index contributed by atoms with van der Waals surface area (Å²) < 4.78 is 78.3. The van der Waals surface area contributed by atoms with Gasteiger partial charge in [-0.05, 0) is 12.0 Å². The number of rotatable bonds is 6. The first-order valence-electron chi connectivity index (χ1n) is 12.1. The third kappa shape index (κ3) is 4.98. The van der Waals surface area contributed by atoms with Crippen LogP contribution < -0.4 is 15.5 Å². The largest absolute Gasteiger partial charge is 0.483 e. The first-order chi connectivity index (χ1) is 18.6. The molecule has 1 N–H and O–H groups in total. The summed E-state index contributed by atoms with van der Waals surface area (Å²) >= 11 is 0. The van der Waals surface area contributed by atoms with Crippen LogP contribution in [-0.2, 0) is 13.2 Å². The molecule has 2 amide bonds. The Labute approximate surface area is 218 Å². The minimum absolute atomic E-state index is 0.0381. The number of benzene rings is 2. The van der Waals surface area contributed by atoms with Crippen LogP contribution in [0.25, 0.3) is 0 Å². The number of alkyl halides is 2. The molecule has 3 aromatic rings. The topological polar surface area (TPSA) is 80.6 Å². The summed E-state index contributed by atoms with van der Waals surface area (Å²) in [5, 5.41) is 2.17. The van der Waals surface area contributed by atoms with Crippen molar-refractivity contribution in [3.8, 4) is 5.75 Å². The summed E-state index contributed by atoms with van der Waals surface area (Å²) in [5.74, 6) is -9.36. The van der Waals surface area contributed by atoms with Gasteiger partial charge in [0.25, 0.3) is 17.7 Å². The molecule has 5 rings (SSSR count). The quantitative estimate of drug-likeness (QED) is 0.470. The molecule has 1 aromatic heterocycles. The minimum atomic E-state index is -3.27. The van der Waals surface area contributed by atoms with Crippen LogP contribution in [0.4, 0.5) is 22.0 Å². The van der Waals surface area contributed by atoms with Crippen molar-refractivity contribution in [2.75, 3.05) is 13.1 Å². The van der Waals surface area contributed by atoms with Crippen molar-refractivity contribution in [3.63, 3.8) is 0 Å². The number of amides is 2. The van der Waals surface area contributed by atoms with E-state index in [1.54, 1.807) is 30.3 Å². The van der Waals surface area contributed by atoms with Crippen LogP contribution in [-0.4, -0.2) is 40.3 Å². The normalized spacial score (nSPS) is 17.8. The Balaban J connectivity index is 1.57. The predicted octanol–water partition coefficient (Wildman–Crippen LogP) is 4.20. The van der Waals surface area contributed by atoms with Crippen LogP contribution in [0.2, 0.25) is 0 Å². The molecule has 39 heavy (non-hydrogen) atoms. The molecular weight excluding hydrogens is 525 g/mol. The maximum atomic E-state index is 15.2. The molecule has 2 aliphatic heterocycles. The molecule has 0 radical (unpaired) electrons. The number of nitrogens with zero attached hydrogens (tertiary/aromatic N) is 2. The van der Waals surface area contributed by atoms with E-state index in [0.717, 1.165) is 10.8 Å². The van der Waals surface area contributed by atoms with E-state index in [9.17, 15) is 27.6 Å². The van der Waals surface area contributed by atoms with Crippen molar-refractivity contribution < 1.29 is 36.3 Å². The van der Waals surface area contributed by atoms with Crippen LogP contribution in [0, 0.1) is 17.5 Å². The SMILES string of the molecule is O=C(NCc1c(F)cc(F)cc1F)c1cn2c(c(OCc3ccccc3)c1=O)C(=O)N1CCCC(F)(F)C2C1. The number of hydrogen-bond donors (Lipinski definition) is 1. The summed E-state index contributed by atoms with van der Waals surface area (Å²) in [4.78, 5) is 41.0. The molecule has 2 aliphatic rings. The van der Waals surface area contributed by atoms with Gasteiger partial charge in [-0.2, -0.15) is 0 Å². The Kier molecular flexibility index (Phi) is 6.87. The van der Waals surface area contributed by atoms with E-state index < -0.39 is 82.2 Å². The molecule has 0 spiro atoms. The van der Waals surface area contributed by atoms with E-state index in [2.05, 4.69) is 5.32 Å². The lowest BCUT2D eigenvalue weighted by Gasteiger charge is -2.37. The van der Waals surface area contributed by atoms with Crippen LogP contribution in [0.1, 0.15) is 50.9 Å². The molecule has 0 aliphatic carbocycles. The first kappa shape index (κ1) is 26.4. The molecule has 3 heterocycles. The number of hydrogen-bond acceptors (Lipinski definition) is 4. The lowest BCUT2D eigenvalue weighted by molar-refractivity contribution is -0.0598. The van der Waals surface area contributed by atoms with Crippen LogP contribution in [0.3, 0.4) is 0 Å². The number of carbonyl (C=O) groups excluding carboxylic acids is 2. The molecule has 1 unspecified atom stereocenters. The molecule has 204 valence electrons. The van der Waals surface area contributed by atoms with E-state index in [0.29, 0.717) is 17.7 Å². The van der Waals surface area contributed by atoms with E-state index in [1.165, 1.54) is 4.90 Å². The molecule has 2 aromatic carbocycles. The van der Waals surface area contributed by atoms with Crippen molar-refractivity contribution in [1.82, 2.24) is 14.8 Å². The zero-order valence-electron chi connectivity index (χ0n) is 20.4. The van der Waals surface area contributed by atoms with E-state index >= 15 is 8.78 Å². The second kappa shape index (κ2) is 10.2. The van der Waals surface area contributed by atoms with Crippen molar-refractivity contribution >= 4 is 11.8 Å². The molecule has 7 nitrogen and oxygen atoms in total. The maximum Gasteiger partial charge on any atom is 0.274 e. The summed E-state index contributed by atoms with van der Waals surface area (Å²) in [7, 11) is 0. The van der Waals surface area contributed by atoms with Gasteiger partial charge in [-0.3, -0.25) is 14.4 Å². The average Bonchev–Trinajstić information content (AvgIpc) is 3.02. The molecule has 12 heteroatoms. The molecule has 1 saturated heterocycles.